The van der Waals surface area contributed by atoms with Gasteiger partial charge in [0, 0.05) is 38.9 Å². The number of anilines is 1. The molecule has 0 N–H and O–H groups in total. The maximum absolute atomic E-state index is 6.23. The lowest BCUT2D eigenvalue weighted by molar-refractivity contribution is -0.150. The third-order valence-electron chi connectivity index (χ3n) is 5.47. The predicted molar refractivity (Wildman–Crippen MR) is 92.0 cm³/mol. The van der Waals surface area contributed by atoms with E-state index in [1.807, 2.05) is 6.07 Å². The number of rotatable bonds is 5. The summed E-state index contributed by atoms with van der Waals surface area (Å²) < 4.78 is 22.9. The maximum atomic E-state index is 6.23. The number of hydrogen-bond acceptors (Lipinski definition) is 7. The molecule has 1 spiro atoms. The SMILES string of the molecule is COc1cc(N2CC3(CC(OCC4CCOCC4)CCO3)C2)ncn1. The van der Waals surface area contributed by atoms with Crippen molar-refractivity contribution in [3.8, 4) is 5.88 Å². The molecule has 3 fully saturated rings. The van der Waals surface area contributed by atoms with E-state index in [1.54, 1.807) is 13.4 Å². The molecule has 0 amide bonds. The van der Waals surface area contributed by atoms with Gasteiger partial charge in [0.1, 0.15) is 17.7 Å². The molecule has 0 bridgehead atoms. The van der Waals surface area contributed by atoms with Gasteiger partial charge in [-0.15, -0.1) is 0 Å². The summed E-state index contributed by atoms with van der Waals surface area (Å²) in [5.41, 5.74) is -0.0865. The highest BCUT2D eigenvalue weighted by Crippen LogP contribution is 2.38. The molecule has 25 heavy (non-hydrogen) atoms. The van der Waals surface area contributed by atoms with Crippen LogP contribution in [0.2, 0.25) is 0 Å². The van der Waals surface area contributed by atoms with Gasteiger partial charge in [-0.25, -0.2) is 9.97 Å². The fraction of sp³-hybridized carbons (Fsp3) is 0.778. The minimum absolute atomic E-state index is 0.0865. The zero-order valence-electron chi connectivity index (χ0n) is 14.9. The highest BCUT2D eigenvalue weighted by atomic mass is 16.5. The van der Waals surface area contributed by atoms with Gasteiger partial charge in [0.15, 0.2) is 0 Å². The number of nitrogens with zero attached hydrogens (tertiary/aromatic N) is 3. The molecular weight excluding hydrogens is 322 g/mol. The highest BCUT2D eigenvalue weighted by molar-refractivity contribution is 5.45. The lowest BCUT2D eigenvalue weighted by Gasteiger charge is -2.53. The Morgan fingerprint density at radius 3 is 2.84 bits per heavy atom. The van der Waals surface area contributed by atoms with Gasteiger partial charge < -0.3 is 23.8 Å². The molecule has 0 aliphatic carbocycles. The van der Waals surface area contributed by atoms with Crippen LogP contribution >= 0.6 is 0 Å². The van der Waals surface area contributed by atoms with Crippen LogP contribution in [0, 0.1) is 5.92 Å². The molecule has 1 aromatic heterocycles. The van der Waals surface area contributed by atoms with Gasteiger partial charge in [0.2, 0.25) is 5.88 Å². The van der Waals surface area contributed by atoms with Crippen molar-refractivity contribution in [2.45, 2.75) is 37.4 Å². The smallest absolute Gasteiger partial charge is 0.218 e. The molecular formula is C18H27N3O4. The lowest BCUT2D eigenvalue weighted by atomic mass is 9.84. The average Bonchev–Trinajstić information content (AvgIpc) is 2.65. The monoisotopic (exact) mass is 349 g/mol. The molecule has 7 heteroatoms. The van der Waals surface area contributed by atoms with Crippen molar-refractivity contribution in [2.24, 2.45) is 5.92 Å². The van der Waals surface area contributed by atoms with Crippen LogP contribution in [0.5, 0.6) is 5.88 Å². The molecule has 4 heterocycles. The van der Waals surface area contributed by atoms with Crippen LogP contribution in [0.15, 0.2) is 12.4 Å². The number of methoxy groups -OCH3 is 1. The van der Waals surface area contributed by atoms with Crippen LogP contribution in [0.25, 0.3) is 0 Å². The highest BCUT2D eigenvalue weighted by Gasteiger charge is 2.48. The fourth-order valence-electron chi connectivity index (χ4n) is 3.96. The number of hydrogen-bond donors (Lipinski definition) is 0. The van der Waals surface area contributed by atoms with Crippen LogP contribution < -0.4 is 9.64 Å². The Morgan fingerprint density at radius 1 is 1.20 bits per heavy atom. The Balaban J connectivity index is 1.28. The van der Waals surface area contributed by atoms with Gasteiger partial charge >= 0.3 is 0 Å². The molecule has 1 atom stereocenters. The number of aromatic nitrogens is 2. The van der Waals surface area contributed by atoms with E-state index in [1.165, 1.54) is 0 Å². The zero-order valence-corrected chi connectivity index (χ0v) is 14.9. The Hall–Kier alpha value is -1.44. The summed E-state index contributed by atoms with van der Waals surface area (Å²) in [5.74, 6) is 2.14. The van der Waals surface area contributed by atoms with Crippen molar-refractivity contribution in [2.75, 3.05) is 51.5 Å². The minimum atomic E-state index is -0.0865. The third kappa shape index (κ3) is 3.88. The quantitative estimate of drug-likeness (QED) is 0.801. The van der Waals surface area contributed by atoms with E-state index in [9.17, 15) is 0 Å². The molecule has 3 aliphatic rings. The molecule has 138 valence electrons. The second-order valence-corrected chi connectivity index (χ2v) is 7.31. The molecule has 3 saturated heterocycles. The van der Waals surface area contributed by atoms with Crippen LogP contribution in [0.1, 0.15) is 25.7 Å². The Labute approximate surface area is 148 Å². The molecule has 0 saturated carbocycles. The molecule has 1 aromatic rings. The summed E-state index contributed by atoms with van der Waals surface area (Å²) in [6, 6.07) is 1.87. The van der Waals surface area contributed by atoms with Gasteiger partial charge in [0.05, 0.1) is 26.3 Å². The maximum Gasteiger partial charge on any atom is 0.218 e. The zero-order chi connectivity index (χ0) is 17.1. The second-order valence-electron chi connectivity index (χ2n) is 7.31. The van der Waals surface area contributed by atoms with Gasteiger partial charge in [-0.3, -0.25) is 0 Å². The predicted octanol–water partition coefficient (Wildman–Crippen LogP) is 1.67. The molecule has 1 unspecified atom stereocenters. The summed E-state index contributed by atoms with van der Waals surface area (Å²) >= 11 is 0. The first-order valence-electron chi connectivity index (χ1n) is 9.21. The summed E-state index contributed by atoms with van der Waals surface area (Å²) in [6.45, 7) is 5.09. The standard InChI is InChI=1S/C18H27N3O4/c1-22-17-8-16(19-13-20-17)21-11-18(12-21)9-15(4-7-25-18)24-10-14-2-5-23-6-3-14/h8,13-15H,2-7,9-12H2,1H3. The van der Waals surface area contributed by atoms with Gasteiger partial charge in [-0.2, -0.15) is 0 Å². The van der Waals surface area contributed by atoms with E-state index in [4.69, 9.17) is 18.9 Å². The van der Waals surface area contributed by atoms with Crippen LogP contribution in [0.4, 0.5) is 5.82 Å². The minimum Gasteiger partial charge on any atom is -0.481 e. The topological polar surface area (TPSA) is 65.9 Å². The Morgan fingerprint density at radius 2 is 2.04 bits per heavy atom. The normalized spacial score (nSPS) is 26.4. The molecule has 0 aromatic carbocycles. The number of ether oxygens (including phenoxy) is 4. The molecule has 7 nitrogen and oxygen atoms in total. The van der Waals surface area contributed by atoms with Crippen molar-refractivity contribution in [1.82, 2.24) is 9.97 Å². The van der Waals surface area contributed by atoms with Gasteiger partial charge in [-0.1, -0.05) is 0 Å². The van der Waals surface area contributed by atoms with Crippen molar-refractivity contribution in [3.05, 3.63) is 12.4 Å². The van der Waals surface area contributed by atoms with Crippen molar-refractivity contribution < 1.29 is 18.9 Å². The van der Waals surface area contributed by atoms with Crippen molar-refractivity contribution >= 4 is 5.82 Å². The van der Waals surface area contributed by atoms with E-state index < -0.39 is 0 Å². The van der Waals surface area contributed by atoms with E-state index in [-0.39, 0.29) is 5.60 Å². The van der Waals surface area contributed by atoms with E-state index >= 15 is 0 Å². The first-order valence-corrected chi connectivity index (χ1v) is 9.21. The first kappa shape index (κ1) is 17.0. The Kier molecular flexibility index (Phi) is 5.05. The van der Waals surface area contributed by atoms with Crippen LogP contribution in [0.3, 0.4) is 0 Å². The summed E-state index contributed by atoms with van der Waals surface area (Å²) in [4.78, 5) is 10.6. The summed E-state index contributed by atoms with van der Waals surface area (Å²) in [5, 5.41) is 0. The molecule has 3 aliphatic heterocycles. The van der Waals surface area contributed by atoms with E-state index in [2.05, 4.69) is 14.9 Å². The first-order chi connectivity index (χ1) is 12.3. The van der Waals surface area contributed by atoms with Gasteiger partial charge in [0.25, 0.3) is 0 Å². The third-order valence-corrected chi connectivity index (χ3v) is 5.47. The van der Waals surface area contributed by atoms with Crippen molar-refractivity contribution in [3.63, 3.8) is 0 Å². The van der Waals surface area contributed by atoms with Crippen molar-refractivity contribution in [1.29, 1.82) is 0 Å². The second kappa shape index (κ2) is 7.43. The van der Waals surface area contributed by atoms with Crippen LogP contribution in [-0.2, 0) is 14.2 Å². The van der Waals surface area contributed by atoms with Crippen LogP contribution in [-0.4, -0.2) is 68.3 Å². The molecule has 4 rings (SSSR count). The Bertz CT molecular complexity index is 573. The van der Waals surface area contributed by atoms with E-state index in [0.29, 0.717) is 17.9 Å². The molecule has 0 radical (unpaired) electrons. The van der Waals surface area contributed by atoms with E-state index in [0.717, 1.165) is 71.0 Å². The average molecular weight is 349 g/mol. The summed E-state index contributed by atoms with van der Waals surface area (Å²) in [6.07, 6.45) is 6.05. The lowest BCUT2D eigenvalue weighted by Crippen LogP contribution is -2.66. The fourth-order valence-corrected chi connectivity index (χ4v) is 3.96. The largest absolute Gasteiger partial charge is 0.481 e. The van der Waals surface area contributed by atoms with Gasteiger partial charge in [-0.05, 0) is 25.2 Å². The summed E-state index contributed by atoms with van der Waals surface area (Å²) in [7, 11) is 1.62.